The first-order chi connectivity index (χ1) is 8.80. The third-order valence-electron chi connectivity index (χ3n) is 2.49. The standard InChI is InChI=1S/C13H17F3N2S/c1-9(2)7-8-17-12(19)18-11-6-4-3-5-10(11)13(14,15)16/h3-6,9H,7-8H2,1-2H3,(H2,17,18,19). The lowest BCUT2D eigenvalue weighted by atomic mass is 10.1. The monoisotopic (exact) mass is 290 g/mol. The minimum absolute atomic E-state index is 0.0305. The minimum Gasteiger partial charge on any atom is -0.362 e. The zero-order valence-corrected chi connectivity index (χ0v) is 11.7. The number of hydrogen-bond donors (Lipinski definition) is 2. The third-order valence-corrected chi connectivity index (χ3v) is 2.73. The molecular formula is C13H17F3N2S. The summed E-state index contributed by atoms with van der Waals surface area (Å²) >= 11 is 4.98. The summed E-state index contributed by atoms with van der Waals surface area (Å²) in [7, 11) is 0. The molecule has 2 nitrogen and oxygen atoms in total. The molecule has 106 valence electrons. The van der Waals surface area contributed by atoms with Crippen LogP contribution in [0.3, 0.4) is 0 Å². The Hall–Kier alpha value is -1.30. The number of nitrogens with one attached hydrogen (secondary N) is 2. The largest absolute Gasteiger partial charge is 0.418 e. The van der Waals surface area contributed by atoms with Crippen LogP contribution in [0.25, 0.3) is 0 Å². The van der Waals surface area contributed by atoms with Crippen LogP contribution in [0.1, 0.15) is 25.8 Å². The van der Waals surface area contributed by atoms with Crippen molar-refractivity contribution >= 4 is 23.0 Å². The molecule has 0 atom stereocenters. The SMILES string of the molecule is CC(C)CCNC(=S)Nc1ccccc1C(F)(F)F. The number of alkyl halides is 3. The molecule has 0 aromatic heterocycles. The Morgan fingerprint density at radius 1 is 1.26 bits per heavy atom. The summed E-state index contributed by atoms with van der Waals surface area (Å²) in [6.45, 7) is 4.77. The second-order valence-electron chi connectivity index (χ2n) is 4.61. The third kappa shape index (κ3) is 5.46. The van der Waals surface area contributed by atoms with Gasteiger partial charge >= 0.3 is 6.18 Å². The van der Waals surface area contributed by atoms with E-state index >= 15 is 0 Å². The van der Waals surface area contributed by atoms with E-state index in [4.69, 9.17) is 12.2 Å². The Morgan fingerprint density at radius 3 is 2.47 bits per heavy atom. The molecule has 0 aliphatic heterocycles. The maximum atomic E-state index is 12.8. The molecule has 1 aromatic carbocycles. The maximum absolute atomic E-state index is 12.8. The van der Waals surface area contributed by atoms with Crippen LogP contribution in [0.2, 0.25) is 0 Å². The summed E-state index contributed by atoms with van der Waals surface area (Å²) in [4.78, 5) is 0. The summed E-state index contributed by atoms with van der Waals surface area (Å²) in [5.74, 6) is 0.512. The average Bonchev–Trinajstić information content (AvgIpc) is 2.27. The molecule has 0 bridgehead atoms. The second-order valence-corrected chi connectivity index (χ2v) is 5.02. The number of anilines is 1. The Labute approximate surface area is 116 Å². The molecule has 0 fully saturated rings. The average molecular weight is 290 g/mol. The molecule has 2 N–H and O–H groups in total. The normalized spacial score (nSPS) is 11.5. The van der Waals surface area contributed by atoms with E-state index in [0.717, 1.165) is 12.5 Å². The van der Waals surface area contributed by atoms with Crippen molar-refractivity contribution in [1.29, 1.82) is 0 Å². The van der Waals surface area contributed by atoms with Crippen molar-refractivity contribution in [3.05, 3.63) is 29.8 Å². The van der Waals surface area contributed by atoms with Gasteiger partial charge in [-0.1, -0.05) is 26.0 Å². The van der Waals surface area contributed by atoms with E-state index in [-0.39, 0.29) is 10.8 Å². The van der Waals surface area contributed by atoms with Gasteiger partial charge in [0.2, 0.25) is 0 Å². The van der Waals surface area contributed by atoms with E-state index in [0.29, 0.717) is 12.5 Å². The highest BCUT2D eigenvalue weighted by Crippen LogP contribution is 2.34. The van der Waals surface area contributed by atoms with Gasteiger partial charge in [0.05, 0.1) is 11.3 Å². The molecule has 0 saturated heterocycles. The number of para-hydroxylation sites is 1. The van der Waals surface area contributed by atoms with E-state index in [1.165, 1.54) is 18.2 Å². The van der Waals surface area contributed by atoms with Gasteiger partial charge in [-0.05, 0) is 36.7 Å². The molecule has 0 amide bonds. The molecule has 0 aliphatic rings. The van der Waals surface area contributed by atoms with Crippen molar-refractivity contribution in [3.63, 3.8) is 0 Å². The summed E-state index contributed by atoms with van der Waals surface area (Å²) in [5, 5.41) is 5.69. The van der Waals surface area contributed by atoms with Gasteiger partial charge in [0.15, 0.2) is 5.11 Å². The first-order valence-corrected chi connectivity index (χ1v) is 6.42. The lowest BCUT2D eigenvalue weighted by Gasteiger charge is -2.16. The Balaban J connectivity index is 2.64. The van der Waals surface area contributed by atoms with Crippen molar-refractivity contribution in [2.45, 2.75) is 26.4 Å². The molecule has 1 rings (SSSR count). The minimum atomic E-state index is -4.39. The summed E-state index contributed by atoms with van der Waals surface area (Å²) < 4.78 is 38.3. The van der Waals surface area contributed by atoms with Gasteiger partial charge in [-0.2, -0.15) is 13.2 Å². The maximum Gasteiger partial charge on any atom is 0.418 e. The van der Waals surface area contributed by atoms with Crippen molar-refractivity contribution in [1.82, 2.24) is 5.32 Å². The molecule has 0 unspecified atom stereocenters. The Morgan fingerprint density at radius 2 is 1.89 bits per heavy atom. The van der Waals surface area contributed by atoms with Crippen LogP contribution in [-0.2, 0) is 6.18 Å². The highest BCUT2D eigenvalue weighted by Gasteiger charge is 2.33. The van der Waals surface area contributed by atoms with Crippen LogP contribution in [0, 0.1) is 5.92 Å². The van der Waals surface area contributed by atoms with E-state index in [1.807, 2.05) is 0 Å². The van der Waals surface area contributed by atoms with E-state index in [1.54, 1.807) is 0 Å². The predicted octanol–water partition coefficient (Wildman–Crippen LogP) is 4.04. The topological polar surface area (TPSA) is 24.1 Å². The first-order valence-electron chi connectivity index (χ1n) is 6.01. The van der Waals surface area contributed by atoms with Crippen molar-refractivity contribution in [2.75, 3.05) is 11.9 Å². The van der Waals surface area contributed by atoms with Crippen LogP contribution in [0.15, 0.2) is 24.3 Å². The van der Waals surface area contributed by atoms with Crippen molar-refractivity contribution in [2.24, 2.45) is 5.92 Å². The number of hydrogen-bond acceptors (Lipinski definition) is 1. The van der Waals surface area contributed by atoms with Gasteiger partial charge in [0.1, 0.15) is 0 Å². The number of halogens is 3. The smallest absolute Gasteiger partial charge is 0.362 e. The molecule has 0 heterocycles. The van der Waals surface area contributed by atoms with Crippen LogP contribution in [-0.4, -0.2) is 11.7 Å². The highest BCUT2D eigenvalue weighted by molar-refractivity contribution is 7.80. The molecule has 0 spiro atoms. The van der Waals surface area contributed by atoms with Crippen molar-refractivity contribution < 1.29 is 13.2 Å². The summed E-state index contributed by atoms with van der Waals surface area (Å²) in [6.07, 6.45) is -3.49. The second kappa shape index (κ2) is 6.75. The van der Waals surface area contributed by atoms with Gasteiger partial charge in [-0.25, -0.2) is 0 Å². The van der Waals surface area contributed by atoms with E-state index in [2.05, 4.69) is 24.5 Å². The Bertz CT molecular complexity index is 430. The van der Waals surface area contributed by atoms with Gasteiger partial charge in [-0.15, -0.1) is 0 Å². The fourth-order valence-corrected chi connectivity index (χ4v) is 1.69. The van der Waals surface area contributed by atoms with Gasteiger partial charge in [0.25, 0.3) is 0 Å². The predicted molar refractivity (Wildman–Crippen MR) is 75.1 cm³/mol. The van der Waals surface area contributed by atoms with Crippen LogP contribution < -0.4 is 10.6 Å². The van der Waals surface area contributed by atoms with Gasteiger partial charge < -0.3 is 10.6 Å². The van der Waals surface area contributed by atoms with Crippen molar-refractivity contribution in [3.8, 4) is 0 Å². The fourth-order valence-electron chi connectivity index (χ4n) is 1.48. The molecule has 19 heavy (non-hydrogen) atoms. The zero-order chi connectivity index (χ0) is 14.5. The zero-order valence-electron chi connectivity index (χ0n) is 10.8. The Kier molecular flexibility index (Phi) is 5.60. The lowest BCUT2D eigenvalue weighted by Crippen LogP contribution is -2.30. The number of thiocarbonyl (C=S) groups is 1. The van der Waals surface area contributed by atoms with Gasteiger partial charge in [-0.3, -0.25) is 0 Å². The number of benzene rings is 1. The first kappa shape index (κ1) is 15.8. The number of rotatable bonds is 4. The molecular weight excluding hydrogens is 273 g/mol. The fraction of sp³-hybridized carbons (Fsp3) is 0.462. The molecule has 0 radical (unpaired) electrons. The summed E-state index contributed by atoms with van der Waals surface area (Å²) in [5.41, 5.74) is -0.750. The van der Waals surface area contributed by atoms with Crippen LogP contribution >= 0.6 is 12.2 Å². The van der Waals surface area contributed by atoms with Crippen LogP contribution in [0.5, 0.6) is 0 Å². The summed E-state index contributed by atoms with van der Waals surface area (Å²) in [6, 6.07) is 5.27. The highest BCUT2D eigenvalue weighted by atomic mass is 32.1. The molecule has 1 aromatic rings. The molecule has 0 saturated carbocycles. The van der Waals surface area contributed by atoms with E-state index < -0.39 is 11.7 Å². The lowest BCUT2D eigenvalue weighted by molar-refractivity contribution is -0.136. The quantitative estimate of drug-likeness (QED) is 0.818. The van der Waals surface area contributed by atoms with E-state index in [9.17, 15) is 13.2 Å². The molecule has 0 aliphatic carbocycles. The van der Waals surface area contributed by atoms with Gasteiger partial charge in [0, 0.05) is 6.54 Å². The molecule has 6 heteroatoms. The van der Waals surface area contributed by atoms with Crippen LogP contribution in [0.4, 0.5) is 18.9 Å².